The molecular formula is C11H14N2O4. The fourth-order valence-corrected chi connectivity index (χ4v) is 1.34. The van der Waals surface area contributed by atoms with E-state index in [-0.39, 0.29) is 18.1 Å². The second-order valence-corrected chi connectivity index (χ2v) is 3.67. The number of carbonyl (C=O) groups excluding carboxylic acids is 1. The topological polar surface area (TPSA) is 113 Å². The van der Waals surface area contributed by atoms with Crippen LogP contribution in [-0.4, -0.2) is 28.1 Å². The Kier molecular flexibility index (Phi) is 4.06. The molecule has 0 aliphatic heterocycles. The number of carboxylic acids is 1. The van der Waals surface area contributed by atoms with Crippen molar-refractivity contribution < 1.29 is 19.8 Å². The number of aromatic hydroxyl groups is 1. The molecule has 5 N–H and O–H groups in total. The molecule has 1 unspecified atom stereocenters. The lowest BCUT2D eigenvalue weighted by atomic mass is 10.1. The number of hydrogen-bond donors (Lipinski definition) is 4. The van der Waals surface area contributed by atoms with E-state index in [1.54, 1.807) is 6.07 Å². The molecule has 0 aliphatic carbocycles. The van der Waals surface area contributed by atoms with E-state index in [9.17, 15) is 14.7 Å². The number of carbonyl (C=O) groups is 2. The van der Waals surface area contributed by atoms with Gasteiger partial charge in [0, 0.05) is 25.1 Å². The minimum absolute atomic E-state index is 0.0293. The maximum atomic E-state index is 10.8. The SMILES string of the molecule is CC(=O)Nc1ccc(CC(N)C(=O)O)c(O)c1. The highest BCUT2D eigenvalue weighted by Gasteiger charge is 2.14. The summed E-state index contributed by atoms with van der Waals surface area (Å²) in [6.07, 6.45) is 0.0293. The van der Waals surface area contributed by atoms with Gasteiger partial charge in [0.15, 0.2) is 0 Å². The molecule has 0 aliphatic rings. The maximum Gasteiger partial charge on any atom is 0.320 e. The van der Waals surface area contributed by atoms with Crippen molar-refractivity contribution in [1.29, 1.82) is 0 Å². The summed E-state index contributed by atoms with van der Waals surface area (Å²) in [5, 5.41) is 20.8. The molecule has 0 aromatic heterocycles. The first-order valence-electron chi connectivity index (χ1n) is 4.98. The van der Waals surface area contributed by atoms with E-state index in [2.05, 4.69) is 5.32 Å². The van der Waals surface area contributed by atoms with Gasteiger partial charge < -0.3 is 21.3 Å². The number of rotatable bonds is 4. The third-order valence-corrected chi connectivity index (χ3v) is 2.16. The average molecular weight is 238 g/mol. The zero-order valence-corrected chi connectivity index (χ0v) is 9.30. The number of phenolic OH excluding ortho intramolecular Hbond substituents is 1. The Morgan fingerprint density at radius 3 is 2.59 bits per heavy atom. The molecule has 0 saturated heterocycles. The molecule has 0 bridgehead atoms. The number of benzene rings is 1. The Hall–Kier alpha value is -2.08. The van der Waals surface area contributed by atoms with Crippen LogP contribution in [-0.2, 0) is 16.0 Å². The van der Waals surface area contributed by atoms with E-state index in [1.807, 2.05) is 0 Å². The van der Waals surface area contributed by atoms with Crippen LogP contribution in [0.4, 0.5) is 5.69 Å². The number of anilines is 1. The van der Waals surface area contributed by atoms with Gasteiger partial charge in [-0.05, 0) is 11.6 Å². The molecule has 0 fully saturated rings. The number of nitrogens with two attached hydrogens (primary N) is 1. The first-order valence-corrected chi connectivity index (χ1v) is 4.98. The summed E-state index contributed by atoms with van der Waals surface area (Å²) >= 11 is 0. The smallest absolute Gasteiger partial charge is 0.320 e. The molecule has 17 heavy (non-hydrogen) atoms. The van der Waals surface area contributed by atoms with Gasteiger partial charge in [-0.2, -0.15) is 0 Å². The molecule has 1 rings (SSSR count). The van der Waals surface area contributed by atoms with Crippen molar-refractivity contribution in [2.24, 2.45) is 5.73 Å². The van der Waals surface area contributed by atoms with Crippen LogP contribution in [0.2, 0.25) is 0 Å². The Labute approximate surface area is 98.1 Å². The number of hydrogen-bond acceptors (Lipinski definition) is 4. The van der Waals surface area contributed by atoms with Gasteiger partial charge >= 0.3 is 5.97 Å². The zero-order valence-electron chi connectivity index (χ0n) is 9.30. The first kappa shape index (κ1) is 13.0. The van der Waals surface area contributed by atoms with Crippen LogP contribution >= 0.6 is 0 Å². The summed E-state index contributed by atoms with van der Waals surface area (Å²) in [6.45, 7) is 1.35. The van der Waals surface area contributed by atoms with E-state index in [0.717, 1.165) is 0 Å². The monoisotopic (exact) mass is 238 g/mol. The molecule has 6 nitrogen and oxygen atoms in total. The van der Waals surface area contributed by atoms with E-state index >= 15 is 0 Å². The Bertz CT molecular complexity index is 445. The van der Waals surface area contributed by atoms with Crippen molar-refractivity contribution in [3.63, 3.8) is 0 Å². The van der Waals surface area contributed by atoms with Crippen LogP contribution in [0.5, 0.6) is 5.75 Å². The van der Waals surface area contributed by atoms with Gasteiger partial charge in [0.25, 0.3) is 0 Å². The summed E-state index contributed by atoms with van der Waals surface area (Å²) in [6, 6.07) is 3.40. The second kappa shape index (κ2) is 5.31. The van der Waals surface area contributed by atoms with Crippen molar-refractivity contribution in [3.8, 4) is 5.75 Å². The molecule has 6 heteroatoms. The lowest BCUT2D eigenvalue weighted by Gasteiger charge is -2.10. The predicted molar refractivity (Wildman–Crippen MR) is 61.7 cm³/mol. The summed E-state index contributed by atoms with van der Waals surface area (Å²) in [5.74, 6) is -1.47. The second-order valence-electron chi connectivity index (χ2n) is 3.67. The third kappa shape index (κ3) is 3.76. The Morgan fingerprint density at radius 1 is 1.47 bits per heavy atom. The van der Waals surface area contributed by atoms with Gasteiger partial charge in [-0.1, -0.05) is 6.07 Å². The highest BCUT2D eigenvalue weighted by Crippen LogP contribution is 2.23. The van der Waals surface area contributed by atoms with Gasteiger partial charge in [-0.3, -0.25) is 9.59 Å². The predicted octanol–water partition coefficient (Wildman–Crippen LogP) is 0.305. The highest BCUT2D eigenvalue weighted by molar-refractivity contribution is 5.88. The van der Waals surface area contributed by atoms with Crippen molar-refractivity contribution in [2.45, 2.75) is 19.4 Å². The molecule has 0 spiro atoms. The molecule has 0 heterocycles. The van der Waals surface area contributed by atoms with Crippen LogP contribution in [0.15, 0.2) is 18.2 Å². The van der Waals surface area contributed by atoms with Crippen LogP contribution < -0.4 is 11.1 Å². The quantitative estimate of drug-likeness (QED) is 0.602. The average Bonchev–Trinajstić information content (AvgIpc) is 2.20. The number of carboxylic acid groups (broad SMARTS) is 1. The number of amides is 1. The van der Waals surface area contributed by atoms with Gasteiger partial charge in [0.05, 0.1) is 0 Å². The lowest BCUT2D eigenvalue weighted by molar-refractivity contribution is -0.138. The van der Waals surface area contributed by atoms with E-state index < -0.39 is 12.0 Å². The number of phenols is 1. The minimum atomic E-state index is -1.13. The largest absolute Gasteiger partial charge is 0.508 e. The molecule has 1 aromatic rings. The zero-order chi connectivity index (χ0) is 13.0. The fraction of sp³-hybridized carbons (Fsp3) is 0.273. The molecule has 1 aromatic carbocycles. The summed E-state index contributed by atoms with van der Waals surface area (Å²) < 4.78 is 0. The first-order chi connectivity index (χ1) is 7.90. The molecule has 92 valence electrons. The third-order valence-electron chi connectivity index (χ3n) is 2.16. The van der Waals surface area contributed by atoms with Crippen LogP contribution in [0, 0.1) is 0 Å². The van der Waals surface area contributed by atoms with Gasteiger partial charge in [0.2, 0.25) is 5.91 Å². The molecule has 0 radical (unpaired) electrons. The normalized spacial score (nSPS) is 11.9. The maximum absolute atomic E-state index is 10.8. The summed E-state index contributed by atoms with van der Waals surface area (Å²) in [7, 11) is 0. The molecule has 1 atom stereocenters. The standard InChI is InChI=1S/C11H14N2O4/c1-6(14)13-8-3-2-7(10(15)5-8)4-9(12)11(16)17/h2-3,5,9,15H,4,12H2,1H3,(H,13,14)(H,16,17). The lowest BCUT2D eigenvalue weighted by Crippen LogP contribution is -2.32. The van der Waals surface area contributed by atoms with E-state index in [1.165, 1.54) is 19.1 Å². The fourth-order valence-electron chi connectivity index (χ4n) is 1.34. The Balaban J connectivity index is 2.82. The highest BCUT2D eigenvalue weighted by atomic mass is 16.4. The number of aliphatic carboxylic acids is 1. The molecular weight excluding hydrogens is 224 g/mol. The van der Waals surface area contributed by atoms with Crippen molar-refractivity contribution >= 4 is 17.6 Å². The molecule has 0 saturated carbocycles. The van der Waals surface area contributed by atoms with Crippen molar-refractivity contribution in [2.75, 3.05) is 5.32 Å². The van der Waals surface area contributed by atoms with Crippen LogP contribution in [0.1, 0.15) is 12.5 Å². The summed E-state index contributed by atoms with van der Waals surface area (Å²) in [5.41, 5.74) is 6.23. The minimum Gasteiger partial charge on any atom is -0.508 e. The van der Waals surface area contributed by atoms with Crippen LogP contribution in [0.3, 0.4) is 0 Å². The number of nitrogens with one attached hydrogen (secondary N) is 1. The molecule has 1 amide bonds. The summed E-state index contributed by atoms with van der Waals surface area (Å²) in [4.78, 5) is 21.3. The van der Waals surface area contributed by atoms with Gasteiger partial charge in [-0.15, -0.1) is 0 Å². The van der Waals surface area contributed by atoms with Crippen molar-refractivity contribution in [3.05, 3.63) is 23.8 Å². The van der Waals surface area contributed by atoms with E-state index in [4.69, 9.17) is 10.8 Å². The van der Waals surface area contributed by atoms with Crippen molar-refractivity contribution in [1.82, 2.24) is 0 Å². The van der Waals surface area contributed by atoms with Gasteiger partial charge in [0.1, 0.15) is 11.8 Å². The van der Waals surface area contributed by atoms with E-state index in [0.29, 0.717) is 11.3 Å². The van der Waals surface area contributed by atoms with Gasteiger partial charge in [-0.25, -0.2) is 0 Å². The van der Waals surface area contributed by atoms with Crippen LogP contribution in [0.25, 0.3) is 0 Å². The Morgan fingerprint density at radius 2 is 2.12 bits per heavy atom.